The third-order valence-corrected chi connectivity index (χ3v) is 4.55. The van der Waals surface area contributed by atoms with E-state index in [1.54, 1.807) is 18.4 Å². The number of morpholine rings is 1. The van der Waals surface area contributed by atoms with Crippen molar-refractivity contribution in [3.63, 3.8) is 0 Å². The quantitative estimate of drug-likeness (QED) is 0.668. The summed E-state index contributed by atoms with van der Waals surface area (Å²) >= 11 is 1.73. The molecule has 1 unspecified atom stereocenters. The maximum absolute atomic E-state index is 5.67. The summed E-state index contributed by atoms with van der Waals surface area (Å²) in [5.41, 5.74) is 1.11. The summed E-state index contributed by atoms with van der Waals surface area (Å²) in [6.45, 7) is 7.80. The molecular formula is C14H24N4O2S. The molecule has 1 N–H and O–H groups in total. The summed E-state index contributed by atoms with van der Waals surface area (Å²) < 4.78 is 10.8. The van der Waals surface area contributed by atoms with Crippen molar-refractivity contribution in [3.05, 3.63) is 15.6 Å². The van der Waals surface area contributed by atoms with Gasteiger partial charge in [0, 0.05) is 32.1 Å². The zero-order valence-electron chi connectivity index (χ0n) is 13.2. The van der Waals surface area contributed by atoms with Crippen LogP contribution < -0.4 is 5.32 Å². The molecule has 0 saturated carbocycles. The van der Waals surface area contributed by atoms with Crippen LogP contribution in [0.25, 0.3) is 0 Å². The van der Waals surface area contributed by atoms with Gasteiger partial charge in [-0.15, -0.1) is 11.3 Å². The first-order valence-corrected chi connectivity index (χ1v) is 7.94. The number of hydrogen-bond donors (Lipinski definition) is 1. The molecule has 7 heteroatoms. The maximum atomic E-state index is 5.67. The number of aromatic nitrogens is 1. The van der Waals surface area contributed by atoms with Crippen molar-refractivity contribution in [3.8, 4) is 0 Å². The molecule has 1 atom stereocenters. The molecule has 1 aliphatic heterocycles. The number of nitrogens with one attached hydrogen (secondary N) is 1. The van der Waals surface area contributed by atoms with Crippen molar-refractivity contribution in [2.24, 2.45) is 4.99 Å². The number of thiazole rings is 1. The van der Waals surface area contributed by atoms with Crippen LogP contribution in [0, 0.1) is 13.8 Å². The molecule has 0 aromatic carbocycles. The van der Waals surface area contributed by atoms with Gasteiger partial charge in [0.2, 0.25) is 0 Å². The number of ether oxygens (including phenoxy) is 2. The minimum absolute atomic E-state index is 0.103. The Kier molecular flexibility index (Phi) is 5.96. The number of rotatable bonds is 4. The van der Waals surface area contributed by atoms with Crippen molar-refractivity contribution < 1.29 is 9.47 Å². The Labute approximate surface area is 130 Å². The average Bonchev–Trinajstić information content (AvgIpc) is 2.79. The van der Waals surface area contributed by atoms with Crippen LogP contribution in [0.5, 0.6) is 0 Å². The molecule has 21 heavy (non-hydrogen) atoms. The van der Waals surface area contributed by atoms with Crippen molar-refractivity contribution in [2.75, 3.05) is 40.5 Å². The van der Waals surface area contributed by atoms with Gasteiger partial charge in [-0.1, -0.05) is 0 Å². The lowest BCUT2D eigenvalue weighted by Crippen LogP contribution is -2.51. The molecule has 2 rings (SSSR count). The van der Waals surface area contributed by atoms with Crippen LogP contribution in [-0.4, -0.2) is 62.4 Å². The number of hydrogen-bond acceptors (Lipinski definition) is 5. The molecule has 1 aromatic rings. The lowest BCUT2D eigenvalue weighted by atomic mass is 10.3. The summed E-state index contributed by atoms with van der Waals surface area (Å²) in [5.74, 6) is 0.893. The summed E-state index contributed by atoms with van der Waals surface area (Å²) in [4.78, 5) is 12.4. The van der Waals surface area contributed by atoms with E-state index in [4.69, 9.17) is 9.47 Å². The Morgan fingerprint density at radius 1 is 1.57 bits per heavy atom. The first-order valence-electron chi connectivity index (χ1n) is 7.13. The molecule has 0 bridgehead atoms. The third kappa shape index (κ3) is 4.39. The second kappa shape index (κ2) is 7.72. The average molecular weight is 312 g/mol. The summed E-state index contributed by atoms with van der Waals surface area (Å²) in [6, 6.07) is 0. The third-order valence-electron chi connectivity index (χ3n) is 3.47. The lowest BCUT2D eigenvalue weighted by molar-refractivity contribution is -0.0447. The van der Waals surface area contributed by atoms with Gasteiger partial charge in [-0.2, -0.15) is 0 Å². The Morgan fingerprint density at radius 2 is 2.38 bits per heavy atom. The number of nitrogens with zero attached hydrogens (tertiary/aromatic N) is 3. The largest absolute Gasteiger partial charge is 0.382 e. The van der Waals surface area contributed by atoms with Gasteiger partial charge < -0.3 is 19.7 Å². The Balaban J connectivity index is 1.90. The zero-order chi connectivity index (χ0) is 15.2. The molecule has 0 amide bonds. The van der Waals surface area contributed by atoms with Crippen LogP contribution >= 0.6 is 11.3 Å². The van der Waals surface area contributed by atoms with Gasteiger partial charge in [-0.25, -0.2) is 4.98 Å². The molecule has 118 valence electrons. The summed E-state index contributed by atoms with van der Waals surface area (Å²) in [5, 5.41) is 4.48. The molecule has 6 nitrogen and oxygen atoms in total. The fourth-order valence-electron chi connectivity index (χ4n) is 2.30. The van der Waals surface area contributed by atoms with Gasteiger partial charge in [-0.3, -0.25) is 4.99 Å². The predicted molar refractivity (Wildman–Crippen MR) is 85.0 cm³/mol. The van der Waals surface area contributed by atoms with E-state index in [0.717, 1.165) is 29.8 Å². The summed E-state index contributed by atoms with van der Waals surface area (Å²) in [7, 11) is 3.50. The van der Waals surface area contributed by atoms with E-state index >= 15 is 0 Å². The first-order chi connectivity index (χ1) is 10.1. The fraction of sp³-hybridized carbons (Fsp3) is 0.714. The van der Waals surface area contributed by atoms with Crippen LogP contribution in [0.15, 0.2) is 4.99 Å². The number of aryl methyl sites for hydroxylation is 2. The number of methoxy groups -OCH3 is 1. The topological polar surface area (TPSA) is 59.0 Å². The van der Waals surface area contributed by atoms with Crippen molar-refractivity contribution in [1.29, 1.82) is 0 Å². The summed E-state index contributed by atoms with van der Waals surface area (Å²) in [6.07, 6.45) is 0.103. The molecule has 1 saturated heterocycles. The highest BCUT2D eigenvalue weighted by molar-refractivity contribution is 7.11. The predicted octanol–water partition coefficient (Wildman–Crippen LogP) is 1.18. The molecular weight excluding hydrogens is 288 g/mol. The van der Waals surface area contributed by atoms with Crippen molar-refractivity contribution in [2.45, 2.75) is 26.5 Å². The smallest absolute Gasteiger partial charge is 0.194 e. The van der Waals surface area contributed by atoms with Gasteiger partial charge in [0.05, 0.1) is 31.6 Å². The molecule has 1 aromatic heterocycles. The van der Waals surface area contributed by atoms with Crippen LogP contribution in [0.3, 0.4) is 0 Å². The van der Waals surface area contributed by atoms with Crippen molar-refractivity contribution >= 4 is 17.3 Å². The van der Waals surface area contributed by atoms with Crippen molar-refractivity contribution in [1.82, 2.24) is 15.2 Å². The minimum Gasteiger partial charge on any atom is -0.382 e. The van der Waals surface area contributed by atoms with E-state index in [0.29, 0.717) is 19.8 Å². The number of aliphatic imine (C=N–C) groups is 1. The van der Waals surface area contributed by atoms with Crippen LogP contribution in [0.2, 0.25) is 0 Å². The molecule has 1 aliphatic rings. The Bertz CT molecular complexity index is 468. The molecule has 0 spiro atoms. The molecule has 1 fully saturated rings. The van der Waals surface area contributed by atoms with E-state index in [1.165, 1.54) is 4.88 Å². The van der Waals surface area contributed by atoms with E-state index in [2.05, 4.69) is 27.1 Å². The van der Waals surface area contributed by atoms with Gasteiger partial charge in [0.1, 0.15) is 5.01 Å². The van der Waals surface area contributed by atoms with Gasteiger partial charge in [0.15, 0.2) is 5.96 Å². The number of guanidine groups is 1. The molecule has 2 heterocycles. The normalized spacial score (nSPS) is 19.9. The minimum atomic E-state index is 0.103. The molecule has 0 aliphatic carbocycles. The Morgan fingerprint density at radius 3 is 3.00 bits per heavy atom. The van der Waals surface area contributed by atoms with E-state index < -0.39 is 0 Å². The second-order valence-corrected chi connectivity index (χ2v) is 6.33. The Hall–Kier alpha value is -1.18. The highest BCUT2D eigenvalue weighted by atomic mass is 32.1. The highest BCUT2D eigenvalue weighted by Gasteiger charge is 2.22. The maximum Gasteiger partial charge on any atom is 0.194 e. The van der Waals surface area contributed by atoms with Gasteiger partial charge in [-0.05, 0) is 13.8 Å². The van der Waals surface area contributed by atoms with Crippen LogP contribution in [0.4, 0.5) is 0 Å². The fourth-order valence-corrected chi connectivity index (χ4v) is 3.17. The monoisotopic (exact) mass is 312 g/mol. The first kappa shape index (κ1) is 16.2. The van der Waals surface area contributed by atoms with E-state index in [-0.39, 0.29) is 6.10 Å². The van der Waals surface area contributed by atoms with E-state index in [9.17, 15) is 0 Å². The molecule has 0 radical (unpaired) electrons. The highest BCUT2D eigenvalue weighted by Crippen LogP contribution is 2.16. The van der Waals surface area contributed by atoms with Crippen LogP contribution in [0.1, 0.15) is 15.6 Å². The zero-order valence-corrected chi connectivity index (χ0v) is 14.0. The second-order valence-electron chi connectivity index (χ2n) is 5.04. The lowest BCUT2D eigenvalue weighted by Gasteiger charge is -2.34. The van der Waals surface area contributed by atoms with Gasteiger partial charge in [0.25, 0.3) is 0 Å². The SMILES string of the molecule is CN=C(NCc1nc(C)c(C)s1)N1CCOC(COC)C1. The van der Waals surface area contributed by atoms with Crippen LogP contribution in [-0.2, 0) is 16.0 Å². The standard InChI is InChI=1S/C14H24N4O2S/c1-10-11(2)21-13(17-10)7-16-14(15-3)18-5-6-20-12(8-18)9-19-4/h12H,5-9H2,1-4H3,(H,15,16). The van der Waals surface area contributed by atoms with E-state index in [1.807, 2.05) is 14.0 Å². The van der Waals surface area contributed by atoms with Gasteiger partial charge >= 0.3 is 0 Å².